The van der Waals surface area contributed by atoms with Crippen LogP contribution in [0.2, 0.25) is 0 Å². The summed E-state index contributed by atoms with van der Waals surface area (Å²) in [7, 11) is 1.54. The number of nitrogens with zero attached hydrogens (tertiary/aromatic N) is 2. The number of rotatable bonds is 8. The molecule has 1 aromatic rings. The zero-order valence-corrected chi connectivity index (χ0v) is 16.6. The summed E-state index contributed by atoms with van der Waals surface area (Å²) in [6, 6.07) is 5.58. The first-order chi connectivity index (χ1) is 13.7. The molecule has 2 saturated heterocycles. The van der Waals surface area contributed by atoms with Crippen LogP contribution in [0.25, 0.3) is 0 Å². The van der Waals surface area contributed by atoms with Gasteiger partial charge in [-0.15, -0.1) is 0 Å². The lowest BCUT2D eigenvalue weighted by Gasteiger charge is -2.35. The first-order valence-corrected chi connectivity index (χ1v) is 9.92. The molecule has 0 spiro atoms. The van der Waals surface area contributed by atoms with E-state index in [1.807, 2.05) is 17.0 Å². The minimum atomic E-state index is -4.14. The predicted molar refractivity (Wildman–Crippen MR) is 101 cm³/mol. The van der Waals surface area contributed by atoms with Gasteiger partial charge in [0.25, 0.3) is 0 Å². The van der Waals surface area contributed by atoms with Gasteiger partial charge < -0.3 is 24.6 Å². The minimum Gasteiger partial charge on any atom is -0.493 e. The summed E-state index contributed by atoms with van der Waals surface area (Å²) >= 11 is 0. The van der Waals surface area contributed by atoms with Gasteiger partial charge in [0.1, 0.15) is 12.7 Å². The van der Waals surface area contributed by atoms with Crippen molar-refractivity contribution in [3.8, 4) is 11.5 Å². The summed E-state index contributed by atoms with van der Waals surface area (Å²) in [4.78, 5) is 3.95. The van der Waals surface area contributed by atoms with E-state index in [9.17, 15) is 23.4 Å². The molecule has 0 amide bonds. The third-order valence-electron chi connectivity index (χ3n) is 5.52. The molecule has 1 atom stereocenters. The summed E-state index contributed by atoms with van der Waals surface area (Å²) in [6.45, 7) is 2.93. The molecule has 2 aliphatic heterocycles. The maximum absolute atomic E-state index is 12.8. The zero-order chi connectivity index (χ0) is 21.0. The van der Waals surface area contributed by atoms with Crippen molar-refractivity contribution in [2.75, 3.05) is 46.4 Å². The van der Waals surface area contributed by atoms with Gasteiger partial charge in [-0.1, -0.05) is 6.07 Å². The number of hydrogen-bond donors (Lipinski definition) is 2. The van der Waals surface area contributed by atoms with Crippen LogP contribution in [0, 0.1) is 5.92 Å². The molecule has 1 unspecified atom stereocenters. The molecule has 2 fully saturated rings. The summed E-state index contributed by atoms with van der Waals surface area (Å²) in [6.07, 6.45) is -5.07. The highest BCUT2D eigenvalue weighted by Gasteiger charge is 2.41. The van der Waals surface area contributed by atoms with Crippen molar-refractivity contribution in [2.24, 2.45) is 5.92 Å². The average molecular weight is 418 g/mol. The number of aliphatic hydroxyl groups excluding tert-OH is 2. The summed E-state index contributed by atoms with van der Waals surface area (Å²) < 4.78 is 49.3. The van der Waals surface area contributed by atoms with Crippen molar-refractivity contribution >= 4 is 0 Å². The number of alkyl halides is 3. The first kappa shape index (κ1) is 22.1. The molecule has 0 radical (unpaired) electrons. The molecule has 6 nitrogen and oxygen atoms in total. The largest absolute Gasteiger partial charge is 0.493 e. The standard InChI is InChI=1S/C20H29F3N2O4/c1-28-18-3-2-14(9-25-10-16(26)11-25)8-19(18)29-13-17(27)12-24-6-4-15(5-7-24)20(21,22)23/h2-3,8,15-17,26-27H,4-7,9-13H2,1H3. The highest BCUT2D eigenvalue weighted by atomic mass is 19.4. The quantitative estimate of drug-likeness (QED) is 0.672. The molecule has 9 heteroatoms. The average Bonchev–Trinajstić information content (AvgIpc) is 2.65. The predicted octanol–water partition coefficient (Wildman–Crippen LogP) is 1.89. The highest BCUT2D eigenvalue weighted by Crippen LogP contribution is 2.34. The van der Waals surface area contributed by atoms with E-state index in [0.717, 1.165) is 5.56 Å². The fourth-order valence-corrected chi connectivity index (χ4v) is 3.84. The summed E-state index contributed by atoms with van der Waals surface area (Å²) in [5, 5.41) is 19.7. The normalized spacial score (nSPS) is 21.0. The molecule has 0 aromatic heterocycles. The first-order valence-electron chi connectivity index (χ1n) is 9.92. The van der Waals surface area contributed by atoms with Crippen molar-refractivity contribution in [3.63, 3.8) is 0 Å². The second-order valence-corrected chi connectivity index (χ2v) is 7.91. The van der Waals surface area contributed by atoms with Crippen molar-refractivity contribution < 1.29 is 32.9 Å². The number of hydrogen-bond acceptors (Lipinski definition) is 6. The summed E-state index contributed by atoms with van der Waals surface area (Å²) in [5.41, 5.74) is 1.01. The fourth-order valence-electron chi connectivity index (χ4n) is 3.84. The van der Waals surface area contributed by atoms with Crippen molar-refractivity contribution in [2.45, 2.75) is 37.8 Å². The third kappa shape index (κ3) is 6.21. The Morgan fingerprint density at radius 1 is 1.14 bits per heavy atom. The second kappa shape index (κ2) is 9.51. The van der Waals surface area contributed by atoms with E-state index < -0.39 is 18.2 Å². The van der Waals surface area contributed by atoms with Gasteiger partial charge in [-0.3, -0.25) is 4.90 Å². The minimum absolute atomic E-state index is 0.0292. The SMILES string of the molecule is COc1ccc(CN2CC(O)C2)cc1OCC(O)CN1CCC(C(F)(F)F)CC1. The van der Waals surface area contributed by atoms with E-state index in [1.165, 1.54) is 7.11 Å². The van der Waals surface area contributed by atoms with Crippen LogP contribution in [-0.2, 0) is 6.54 Å². The molecule has 0 bridgehead atoms. The fraction of sp³-hybridized carbons (Fsp3) is 0.700. The number of methoxy groups -OCH3 is 1. The Morgan fingerprint density at radius 3 is 2.41 bits per heavy atom. The van der Waals surface area contributed by atoms with Gasteiger partial charge in [-0.05, 0) is 43.6 Å². The lowest BCUT2D eigenvalue weighted by molar-refractivity contribution is -0.185. The Kier molecular flexibility index (Phi) is 7.26. The van der Waals surface area contributed by atoms with Crippen molar-refractivity contribution in [3.05, 3.63) is 23.8 Å². The maximum atomic E-state index is 12.8. The van der Waals surface area contributed by atoms with Crippen LogP contribution < -0.4 is 9.47 Å². The Labute approximate surface area is 168 Å². The number of benzene rings is 1. The number of halogens is 3. The van der Waals surface area contributed by atoms with E-state index in [2.05, 4.69) is 4.90 Å². The van der Waals surface area contributed by atoms with Gasteiger partial charge in [-0.25, -0.2) is 0 Å². The maximum Gasteiger partial charge on any atom is 0.391 e. The molecule has 2 N–H and O–H groups in total. The van der Waals surface area contributed by atoms with Crippen LogP contribution in [0.4, 0.5) is 13.2 Å². The number of aliphatic hydroxyl groups is 2. The van der Waals surface area contributed by atoms with Crippen LogP contribution >= 0.6 is 0 Å². The van der Waals surface area contributed by atoms with Crippen LogP contribution in [-0.4, -0.2) is 84.8 Å². The zero-order valence-electron chi connectivity index (χ0n) is 16.6. The van der Waals surface area contributed by atoms with Crippen molar-refractivity contribution in [1.82, 2.24) is 9.80 Å². The topological polar surface area (TPSA) is 65.4 Å². The monoisotopic (exact) mass is 418 g/mol. The van der Waals surface area contributed by atoms with Crippen LogP contribution in [0.1, 0.15) is 18.4 Å². The van der Waals surface area contributed by atoms with Crippen LogP contribution in [0.3, 0.4) is 0 Å². The van der Waals surface area contributed by atoms with Crippen LogP contribution in [0.5, 0.6) is 11.5 Å². The number of piperidine rings is 1. The molecule has 164 valence electrons. The smallest absolute Gasteiger partial charge is 0.391 e. The van der Waals surface area contributed by atoms with E-state index in [0.29, 0.717) is 44.2 Å². The lowest BCUT2D eigenvalue weighted by Crippen LogP contribution is -2.49. The van der Waals surface area contributed by atoms with E-state index in [-0.39, 0.29) is 32.1 Å². The van der Waals surface area contributed by atoms with Gasteiger partial charge in [0.05, 0.1) is 19.1 Å². The molecular weight excluding hydrogens is 389 g/mol. The molecule has 3 rings (SSSR count). The Hall–Kier alpha value is -1.55. The van der Waals surface area contributed by atoms with Gasteiger partial charge >= 0.3 is 6.18 Å². The lowest BCUT2D eigenvalue weighted by atomic mass is 9.96. The highest BCUT2D eigenvalue weighted by molar-refractivity contribution is 5.43. The van der Waals surface area contributed by atoms with Gasteiger partial charge in [0.2, 0.25) is 0 Å². The number of ether oxygens (including phenoxy) is 2. The number of likely N-dealkylation sites (tertiary alicyclic amines) is 2. The van der Waals surface area contributed by atoms with Gasteiger partial charge in [-0.2, -0.15) is 13.2 Å². The molecular formula is C20H29F3N2O4. The Balaban J connectivity index is 1.47. The van der Waals surface area contributed by atoms with Gasteiger partial charge in [0.15, 0.2) is 11.5 Å². The molecule has 0 aliphatic carbocycles. The molecule has 1 aromatic carbocycles. The molecule has 2 heterocycles. The van der Waals surface area contributed by atoms with E-state index >= 15 is 0 Å². The van der Waals surface area contributed by atoms with Crippen LogP contribution in [0.15, 0.2) is 18.2 Å². The Morgan fingerprint density at radius 2 is 1.83 bits per heavy atom. The van der Waals surface area contributed by atoms with Gasteiger partial charge in [0, 0.05) is 26.2 Å². The van der Waals surface area contributed by atoms with E-state index in [4.69, 9.17) is 9.47 Å². The molecule has 2 aliphatic rings. The molecule has 0 saturated carbocycles. The second-order valence-electron chi connectivity index (χ2n) is 7.91. The Bertz CT molecular complexity index is 660. The summed E-state index contributed by atoms with van der Waals surface area (Å²) in [5.74, 6) is -0.178. The molecule has 29 heavy (non-hydrogen) atoms. The third-order valence-corrected chi connectivity index (χ3v) is 5.52. The number of β-amino-alcohol motifs (C(OH)–C–C–N with tert-alkyl or cyclic N) is 2. The van der Waals surface area contributed by atoms with Crippen molar-refractivity contribution in [1.29, 1.82) is 0 Å². The van der Waals surface area contributed by atoms with E-state index in [1.54, 1.807) is 6.07 Å².